The molecule has 5 nitrogen and oxygen atoms in total. The summed E-state index contributed by atoms with van der Waals surface area (Å²) >= 11 is 0. The summed E-state index contributed by atoms with van der Waals surface area (Å²) in [5, 5.41) is 4.85. The van der Waals surface area contributed by atoms with Crippen molar-refractivity contribution in [2.24, 2.45) is 0 Å². The molecule has 0 radical (unpaired) electrons. The monoisotopic (exact) mass is 335 g/mol. The second kappa shape index (κ2) is 5.99. The van der Waals surface area contributed by atoms with E-state index in [0.717, 1.165) is 52.3 Å². The molecule has 1 aliphatic carbocycles. The highest BCUT2D eigenvalue weighted by Gasteiger charge is 2.25. The molecule has 1 aromatic carbocycles. The highest BCUT2D eigenvalue weighted by atomic mass is 16.5. The number of nitrogens with zero attached hydrogens (tertiary/aromatic N) is 3. The highest BCUT2D eigenvalue weighted by molar-refractivity contribution is 5.98. The van der Waals surface area contributed by atoms with Gasteiger partial charge in [-0.05, 0) is 36.5 Å². The molecule has 2 aromatic heterocycles. The van der Waals surface area contributed by atoms with Crippen molar-refractivity contribution in [2.75, 3.05) is 7.11 Å². The Labute approximate surface area is 146 Å². The fourth-order valence-electron chi connectivity index (χ4n) is 3.51. The fraction of sp³-hybridized carbons (Fsp3) is 0.350. The van der Waals surface area contributed by atoms with Crippen LogP contribution in [0.15, 0.2) is 30.5 Å². The van der Waals surface area contributed by atoms with E-state index in [0.29, 0.717) is 6.42 Å². The average molecular weight is 335 g/mol. The zero-order valence-electron chi connectivity index (χ0n) is 14.7. The number of hydrogen-bond donors (Lipinski definition) is 0. The number of rotatable bonds is 3. The highest BCUT2D eigenvalue weighted by Crippen LogP contribution is 2.34. The van der Waals surface area contributed by atoms with Crippen LogP contribution < -0.4 is 4.74 Å². The number of aromatic nitrogens is 3. The molecule has 0 aliphatic heterocycles. The summed E-state index contributed by atoms with van der Waals surface area (Å²) in [6.45, 7) is 4.26. The van der Waals surface area contributed by atoms with Gasteiger partial charge in [0.2, 0.25) is 0 Å². The zero-order chi connectivity index (χ0) is 17.6. The summed E-state index contributed by atoms with van der Waals surface area (Å²) in [5.74, 6) is 1.25. The number of ether oxygens (including phenoxy) is 1. The van der Waals surface area contributed by atoms with E-state index in [9.17, 15) is 4.79 Å². The molecule has 0 saturated heterocycles. The summed E-state index contributed by atoms with van der Waals surface area (Å²) in [4.78, 5) is 16.8. The lowest BCUT2D eigenvalue weighted by Crippen LogP contribution is -2.16. The molecule has 0 spiro atoms. The molecule has 25 heavy (non-hydrogen) atoms. The van der Waals surface area contributed by atoms with Crippen LogP contribution >= 0.6 is 0 Å². The zero-order valence-corrected chi connectivity index (χ0v) is 14.7. The number of ketones is 1. The van der Waals surface area contributed by atoms with E-state index >= 15 is 0 Å². The molecule has 128 valence electrons. The number of Topliss-reactive ketones (excluding diaryl/α,β-unsaturated/α-hetero) is 1. The number of methoxy groups -OCH3 is 1. The Hall–Kier alpha value is -2.69. The maximum absolute atomic E-state index is 12.2. The van der Waals surface area contributed by atoms with Crippen molar-refractivity contribution in [1.82, 2.24) is 14.6 Å². The quantitative estimate of drug-likeness (QED) is 0.724. The third-order valence-electron chi connectivity index (χ3n) is 4.81. The van der Waals surface area contributed by atoms with Gasteiger partial charge in [0.15, 0.2) is 11.4 Å². The Kier molecular flexibility index (Phi) is 3.79. The van der Waals surface area contributed by atoms with Gasteiger partial charge in [-0.3, -0.25) is 4.79 Å². The van der Waals surface area contributed by atoms with Crippen LogP contribution in [0, 0.1) is 0 Å². The molecule has 4 rings (SSSR count). The van der Waals surface area contributed by atoms with Crippen LogP contribution in [-0.2, 0) is 6.42 Å². The van der Waals surface area contributed by atoms with Crippen LogP contribution in [0.25, 0.3) is 16.8 Å². The van der Waals surface area contributed by atoms with Gasteiger partial charge in [-0.1, -0.05) is 26.0 Å². The van der Waals surface area contributed by atoms with Gasteiger partial charge < -0.3 is 4.74 Å². The van der Waals surface area contributed by atoms with Crippen molar-refractivity contribution >= 4 is 11.4 Å². The van der Waals surface area contributed by atoms with Crippen LogP contribution in [-0.4, -0.2) is 27.5 Å². The summed E-state index contributed by atoms with van der Waals surface area (Å²) in [6, 6.07) is 7.97. The maximum Gasteiger partial charge on any atom is 0.166 e. The smallest absolute Gasteiger partial charge is 0.166 e. The Balaban J connectivity index is 1.99. The molecule has 0 amide bonds. The van der Waals surface area contributed by atoms with Gasteiger partial charge in [0.25, 0.3) is 0 Å². The van der Waals surface area contributed by atoms with Crippen LogP contribution in [0.4, 0.5) is 0 Å². The fourth-order valence-corrected chi connectivity index (χ4v) is 3.51. The van der Waals surface area contributed by atoms with Crippen molar-refractivity contribution in [3.8, 4) is 16.9 Å². The molecular weight excluding hydrogens is 314 g/mol. The molecule has 0 bridgehead atoms. The number of fused-ring (bicyclic) bond motifs is 3. The van der Waals surface area contributed by atoms with Gasteiger partial charge >= 0.3 is 0 Å². The van der Waals surface area contributed by atoms with E-state index in [4.69, 9.17) is 9.84 Å². The van der Waals surface area contributed by atoms with Crippen LogP contribution in [0.1, 0.15) is 54.4 Å². The largest absolute Gasteiger partial charge is 0.497 e. The molecule has 0 unspecified atom stereocenters. The predicted molar refractivity (Wildman–Crippen MR) is 96.3 cm³/mol. The molecule has 2 heterocycles. The third-order valence-corrected chi connectivity index (χ3v) is 4.81. The van der Waals surface area contributed by atoms with Crippen molar-refractivity contribution in [2.45, 2.75) is 39.0 Å². The van der Waals surface area contributed by atoms with Gasteiger partial charge in [-0.2, -0.15) is 5.10 Å². The molecule has 0 N–H and O–H groups in total. The van der Waals surface area contributed by atoms with E-state index in [1.807, 2.05) is 28.8 Å². The molecule has 3 aromatic rings. The first-order chi connectivity index (χ1) is 12.1. The van der Waals surface area contributed by atoms with Crippen molar-refractivity contribution in [1.29, 1.82) is 0 Å². The Morgan fingerprint density at radius 3 is 2.60 bits per heavy atom. The topological polar surface area (TPSA) is 56.5 Å². The van der Waals surface area contributed by atoms with E-state index in [-0.39, 0.29) is 11.7 Å². The first-order valence-corrected chi connectivity index (χ1v) is 8.68. The van der Waals surface area contributed by atoms with Gasteiger partial charge in [-0.15, -0.1) is 0 Å². The minimum absolute atomic E-state index is 0.170. The van der Waals surface area contributed by atoms with Gasteiger partial charge in [0, 0.05) is 12.6 Å². The Morgan fingerprint density at radius 1 is 1.16 bits per heavy atom. The van der Waals surface area contributed by atoms with Crippen LogP contribution in [0.5, 0.6) is 5.75 Å². The van der Waals surface area contributed by atoms with Crippen LogP contribution in [0.2, 0.25) is 0 Å². The van der Waals surface area contributed by atoms with Gasteiger partial charge in [-0.25, -0.2) is 9.50 Å². The summed E-state index contributed by atoms with van der Waals surface area (Å²) in [7, 11) is 1.66. The second-order valence-electron chi connectivity index (χ2n) is 6.77. The van der Waals surface area contributed by atoms with E-state index in [1.165, 1.54) is 0 Å². The lowest BCUT2D eigenvalue weighted by molar-refractivity contribution is 0.0970. The first kappa shape index (κ1) is 15.8. The molecule has 0 fully saturated rings. The Morgan fingerprint density at radius 2 is 1.92 bits per heavy atom. The molecule has 5 heteroatoms. The van der Waals surface area contributed by atoms with E-state index < -0.39 is 0 Å². The molecule has 1 aliphatic rings. The first-order valence-electron chi connectivity index (χ1n) is 8.68. The maximum atomic E-state index is 12.2. The molecule has 0 atom stereocenters. The number of hydrogen-bond acceptors (Lipinski definition) is 4. The number of carbonyl (C=O) groups excluding carboxylic acids is 1. The standard InChI is InChI=1S/C20H21N3O2/c1-12(2)19-18(13-7-9-14(25-3)10-8-13)20-21-11-15-16(23(20)22-19)5-4-6-17(15)24/h7-12H,4-6H2,1-3H3. The SMILES string of the molecule is COc1ccc(-c2c(C(C)C)nn3c4c(cnc23)C(=O)CCC4)cc1. The van der Waals surface area contributed by atoms with Crippen LogP contribution in [0.3, 0.4) is 0 Å². The lowest BCUT2D eigenvalue weighted by Gasteiger charge is -2.15. The number of aryl methyl sites for hydroxylation is 1. The second-order valence-corrected chi connectivity index (χ2v) is 6.77. The number of benzene rings is 1. The number of carbonyl (C=O) groups is 1. The van der Waals surface area contributed by atoms with Crippen molar-refractivity contribution in [3.05, 3.63) is 47.4 Å². The van der Waals surface area contributed by atoms with Gasteiger partial charge in [0.05, 0.1) is 29.6 Å². The molecule has 0 saturated carbocycles. The summed E-state index contributed by atoms with van der Waals surface area (Å²) in [5.41, 5.74) is 5.64. The summed E-state index contributed by atoms with van der Waals surface area (Å²) in [6.07, 6.45) is 4.07. The molecular formula is C20H21N3O2. The predicted octanol–water partition coefficient (Wildman–Crippen LogP) is 4.05. The minimum Gasteiger partial charge on any atom is -0.497 e. The van der Waals surface area contributed by atoms with Crippen molar-refractivity contribution in [3.63, 3.8) is 0 Å². The lowest BCUT2D eigenvalue weighted by atomic mass is 9.96. The average Bonchev–Trinajstić information content (AvgIpc) is 3.02. The Bertz CT molecular complexity index is 955. The van der Waals surface area contributed by atoms with E-state index in [1.54, 1.807) is 13.3 Å². The third kappa shape index (κ3) is 2.51. The summed E-state index contributed by atoms with van der Waals surface area (Å²) < 4.78 is 7.15. The van der Waals surface area contributed by atoms with E-state index in [2.05, 4.69) is 18.8 Å². The van der Waals surface area contributed by atoms with Gasteiger partial charge in [0.1, 0.15) is 5.75 Å². The minimum atomic E-state index is 0.170. The normalized spacial score (nSPS) is 14.2. The van der Waals surface area contributed by atoms with Crippen molar-refractivity contribution < 1.29 is 9.53 Å².